The second-order valence-electron chi connectivity index (χ2n) is 4.82. The molecule has 0 fully saturated rings. The maximum Gasteiger partial charge on any atom is 0.180 e. The van der Waals surface area contributed by atoms with Gasteiger partial charge in [-0.2, -0.15) is 0 Å². The average molecular weight is 290 g/mol. The first-order chi connectivity index (χ1) is 9.76. The van der Waals surface area contributed by atoms with Crippen LogP contribution in [0.3, 0.4) is 0 Å². The number of ether oxygens (including phenoxy) is 2. The van der Waals surface area contributed by atoms with Crippen molar-refractivity contribution in [2.24, 2.45) is 5.92 Å². The molecule has 2 heterocycles. The summed E-state index contributed by atoms with van der Waals surface area (Å²) in [5.41, 5.74) is 0. The third kappa shape index (κ3) is 3.54. The van der Waals surface area contributed by atoms with Crippen LogP contribution in [0.25, 0.3) is 12.2 Å². The van der Waals surface area contributed by atoms with Crippen molar-refractivity contribution in [2.45, 2.75) is 27.2 Å². The Kier molecular flexibility index (Phi) is 5.48. The zero-order chi connectivity index (χ0) is 14.4. The summed E-state index contributed by atoms with van der Waals surface area (Å²) in [4.78, 5) is 2.28. The molecule has 0 radical (unpaired) electrons. The number of allylic oxidation sites excluding steroid dienone is 4. The van der Waals surface area contributed by atoms with Crippen LogP contribution in [0.2, 0.25) is 0 Å². The van der Waals surface area contributed by atoms with Crippen LogP contribution in [0.15, 0.2) is 24.3 Å². The van der Waals surface area contributed by atoms with Crippen molar-refractivity contribution >= 4 is 23.5 Å². The first-order valence-electron chi connectivity index (χ1n) is 7.16. The Morgan fingerprint density at radius 3 is 2.35 bits per heavy atom. The summed E-state index contributed by atoms with van der Waals surface area (Å²) in [6.07, 6.45) is 13.7. The lowest BCUT2D eigenvalue weighted by Gasteiger charge is -2.16. The van der Waals surface area contributed by atoms with Crippen LogP contribution in [0.5, 0.6) is 11.5 Å². The van der Waals surface area contributed by atoms with Gasteiger partial charge in [-0.15, -0.1) is 11.3 Å². The summed E-state index contributed by atoms with van der Waals surface area (Å²) in [6.45, 7) is 7.69. The highest BCUT2D eigenvalue weighted by atomic mass is 32.1. The minimum absolute atomic E-state index is 0.583. The highest BCUT2D eigenvalue weighted by molar-refractivity contribution is 7.14. The van der Waals surface area contributed by atoms with E-state index in [9.17, 15) is 0 Å². The molecule has 0 amide bonds. The number of thiophene rings is 1. The van der Waals surface area contributed by atoms with Gasteiger partial charge in [-0.25, -0.2) is 0 Å². The van der Waals surface area contributed by atoms with Crippen molar-refractivity contribution in [1.82, 2.24) is 0 Å². The highest BCUT2D eigenvalue weighted by Crippen LogP contribution is 2.45. The Labute approximate surface area is 125 Å². The molecular formula is C17H22O2S. The zero-order valence-electron chi connectivity index (χ0n) is 12.4. The van der Waals surface area contributed by atoms with Gasteiger partial charge in [-0.3, -0.25) is 0 Å². The zero-order valence-corrected chi connectivity index (χ0v) is 13.2. The standard InChI is InChI=1S/C17H22O2S/c1-4-6-7-8-14-16-17(19-12-11-18-16)15(20-14)10-9-13(3)5-2/h4,6-10,13H,5,11-12H2,1-3H3/b6-4+,8-7+,10-9+. The largest absolute Gasteiger partial charge is 0.485 e. The summed E-state index contributed by atoms with van der Waals surface area (Å²) in [7, 11) is 0. The molecule has 108 valence electrons. The van der Waals surface area contributed by atoms with Gasteiger partial charge < -0.3 is 9.47 Å². The van der Waals surface area contributed by atoms with Crippen LogP contribution in [0.1, 0.15) is 36.9 Å². The summed E-state index contributed by atoms with van der Waals surface area (Å²) in [6, 6.07) is 0. The van der Waals surface area contributed by atoms with Gasteiger partial charge in [0.2, 0.25) is 0 Å². The predicted octanol–water partition coefficient (Wildman–Crippen LogP) is 5.17. The Balaban J connectivity index is 2.30. The van der Waals surface area contributed by atoms with Gasteiger partial charge in [-0.1, -0.05) is 44.6 Å². The molecule has 0 N–H and O–H groups in total. The first kappa shape index (κ1) is 14.9. The van der Waals surface area contributed by atoms with Gasteiger partial charge in [0.15, 0.2) is 11.5 Å². The minimum Gasteiger partial charge on any atom is -0.485 e. The van der Waals surface area contributed by atoms with Crippen LogP contribution < -0.4 is 9.47 Å². The van der Waals surface area contributed by atoms with E-state index >= 15 is 0 Å². The van der Waals surface area contributed by atoms with Gasteiger partial charge in [0.25, 0.3) is 0 Å². The van der Waals surface area contributed by atoms with E-state index in [4.69, 9.17) is 9.47 Å². The molecule has 2 nitrogen and oxygen atoms in total. The van der Waals surface area contributed by atoms with E-state index in [1.165, 1.54) is 0 Å². The van der Waals surface area contributed by atoms with Crippen molar-refractivity contribution in [3.05, 3.63) is 34.1 Å². The van der Waals surface area contributed by atoms with Crippen molar-refractivity contribution in [2.75, 3.05) is 13.2 Å². The summed E-state index contributed by atoms with van der Waals surface area (Å²) < 4.78 is 11.6. The second kappa shape index (κ2) is 7.34. The monoisotopic (exact) mass is 290 g/mol. The molecule has 0 aliphatic carbocycles. The van der Waals surface area contributed by atoms with E-state index in [1.807, 2.05) is 25.2 Å². The van der Waals surface area contributed by atoms with E-state index in [0.29, 0.717) is 19.1 Å². The number of hydrogen-bond acceptors (Lipinski definition) is 3. The number of rotatable bonds is 5. The Hall–Kier alpha value is -1.48. The lowest BCUT2D eigenvalue weighted by Crippen LogP contribution is -2.14. The van der Waals surface area contributed by atoms with Crippen molar-refractivity contribution in [3.63, 3.8) is 0 Å². The predicted molar refractivity (Wildman–Crippen MR) is 87.6 cm³/mol. The molecule has 3 heteroatoms. The fraction of sp³-hybridized carbons (Fsp3) is 0.412. The maximum absolute atomic E-state index is 5.79. The van der Waals surface area contributed by atoms with Gasteiger partial charge in [0.05, 0.1) is 9.75 Å². The van der Waals surface area contributed by atoms with Crippen LogP contribution in [0, 0.1) is 5.92 Å². The molecule has 1 aromatic rings. The summed E-state index contributed by atoms with van der Waals surface area (Å²) in [5, 5.41) is 0. The summed E-state index contributed by atoms with van der Waals surface area (Å²) in [5.74, 6) is 2.38. The third-order valence-corrected chi connectivity index (χ3v) is 4.30. The van der Waals surface area contributed by atoms with Crippen LogP contribution in [0.4, 0.5) is 0 Å². The van der Waals surface area contributed by atoms with Crippen molar-refractivity contribution < 1.29 is 9.47 Å². The number of hydrogen-bond donors (Lipinski definition) is 0. The van der Waals surface area contributed by atoms with Crippen molar-refractivity contribution in [3.8, 4) is 11.5 Å². The second-order valence-corrected chi connectivity index (χ2v) is 5.90. The lowest BCUT2D eigenvalue weighted by molar-refractivity contribution is 0.173. The Morgan fingerprint density at radius 2 is 1.75 bits per heavy atom. The fourth-order valence-electron chi connectivity index (χ4n) is 1.86. The molecule has 1 aliphatic heterocycles. The molecule has 2 rings (SSSR count). The molecule has 20 heavy (non-hydrogen) atoms. The SMILES string of the molecule is C/C=C/C=C/c1sc(/C=C/C(C)CC)c2c1OCCO2. The first-order valence-corrected chi connectivity index (χ1v) is 7.97. The molecule has 1 unspecified atom stereocenters. The molecular weight excluding hydrogens is 268 g/mol. The van der Waals surface area contributed by atoms with Gasteiger partial charge >= 0.3 is 0 Å². The molecule has 0 aromatic carbocycles. The quantitative estimate of drug-likeness (QED) is 0.697. The van der Waals surface area contributed by atoms with Crippen LogP contribution >= 0.6 is 11.3 Å². The van der Waals surface area contributed by atoms with Crippen LogP contribution in [-0.2, 0) is 0 Å². The number of fused-ring (bicyclic) bond motifs is 1. The smallest absolute Gasteiger partial charge is 0.180 e. The van der Waals surface area contributed by atoms with Crippen LogP contribution in [-0.4, -0.2) is 13.2 Å². The maximum atomic E-state index is 5.79. The van der Waals surface area contributed by atoms with Gasteiger partial charge in [-0.05, 0) is 25.0 Å². The minimum atomic E-state index is 0.583. The lowest BCUT2D eigenvalue weighted by atomic mass is 10.1. The van der Waals surface area contributed by atoms with Gasteiger partial charge in [0, 0.05) is 0 Å². The van der Waals surface area contributed by atoms with E-state index in [2.05, 4.69) is 32.1 Å². The van der Waals surface area contributed by atoms with E-state index in [1.54, 1.807) is 11.3 Å². The Morgan fingerprint density at radius 1 is 1.10 bits per heavy atom. The molecule has 0 spiro atoms. The summed E-state index contributed by atoms with van der Waals surface area (Å²) >= 11 is 1.72. The normalized spacial score (nSPS) is 16.6. The van der Waals surface area contributed by atoms with E-state index < -0.39 is 0 Å². The molecule has 0 bridgehead atoms. The van der Waals surface area contributed by atoms with Gasteiger partial charge in [0.1, 0.15) is 13.2 Å². The fourth-order valence-corrected chi connectivity index (χ4v) is 2.88. The Bertz CT molecular complexity index is 523. The van der Waals surface area contributed by atoms with Crippen molar-refractivity contribution in [1.29, 1.82) is 0 Å². The average Bonchev–Trinajstić information content (AvgIpc) is 2.83. The molecule has 1 aliphatic rings. The molecule has 0 saturated carbocycles. The molecule has 1 atom stereocenters. The van der Waals surface area contributed by atoms with E-state index in [-0.39, 0.29) is 0 Å². The third-order valence-electron chi connectivity index (χ3n) is 3.22. The van der Waals surface area contributed by atoms with E-state index in [0.717, 1.165) is 27.7 Å². The molecule has 0 saturated heterocycles. The highest BCUT2D eigenvalue weighted by Gasteiger charge is 2.21. The topological polar surface area (TPSA) is 18.5 Å². The molecule has 1 aromatic heterocycles.